The van der Waals surface area contributed by atoms with E-state index < -0.39 is 0 Å². The van der Waals surface area contributed by atoms with Crippen LogP contribution in [0.2, 0.25) is 0 Å². The van der Waals surface area contributed by atoms with Crippen molar-refractivity contribution in [3.05, 3.63) is 29.7 Å². The van der Waals surface area contributed by atoms with Crippen LogP contribution in [0.5, 0.6) is 0 Å². The molecule has 2 rings (SSSR count). The van der Waals surface area contributed by atoms with Crippen LogP contribution in [0.25, 0.3) is 0 Å². The Morgan fingerprint density at radius 3 is 2.53 bits per heavy atom. The number of aromatic nitrogens is 4. The first-order valence-corrected chi connectivity index (χ1v) is 6.03. The number of aryl methyl sites for hydroxylation is 3. The molecule has 0 bridgehead atoms. The van der Waals surface area contributed by atoms with E-state index in [0.29, 0.717) is 6.54 Å². The van der Waals surface area contributed by atoms with Gasteiger partial charge in [-0.05, 0) is 26.8 Å². The zero-order valence-electron chi connectivity index (χ0n) is 10.6. The van der Waals surface area contributed by atoms with Crippen molar-refractivity contribution in [3.63, 3.8) is 0 Å². The molecule has 0 aliphatic rings. The monoisotopic (exact) mass is 233 g/mol. The lowest BCUT2D eigenvalue weighted by Gasteiger charge is -2.01. The van der Waals surface area contributed by atoms with Gasteiger partial charge < -0.3 is 5.32 Å². The molecule has 0 amide bonds. The summed E-state index contributed by atoms with van der Waals surface area (Å²) in [4.78, 5) is 0. The Kier molecular flexibility index (Phi) is 3.46. The molecule has 17 heavy (non-hydrogen) atoms. The van der Waals surface area contributed by atoms with Gasteiger partial charge in [0.05, 0.1) is 12.2 Å². The summed E-state index contributed by atoms with van der Waals surface area (Å²) in [6, 6.07) is 2.03. The van der Waals surface area contributed by atoms with E-state index in [1.54, 1.807) is 0 Å². The standard InChI is InChI=1S/C12H19N5/c1-4-16-7-6-11(14-16)8-13-12-10(3)9-17(5-2)15-12/h6-7,9H,4-5,8H2,1-3H3,(H,13,15). The van der Waals surface area contributed by atoms with Gasteiger partial charge in [-0.15, -0.1) is 0 Å². The van der Waals surface area contributed by atoms with Gasteiger partial charge >= 0.3 is 0 Å². The lowest BCUT2D eigenvalue weighted by molar-refractivity contribution is 0.647. The van der Waals surface area contributed by atoms with Crippen molar-refractivity contribution < 1.29 is 0 Å². The molecule has 0 aliphatic carbocycles. The Morgan fingerprint density at radius 2 is 1.94 bits per heavy atom. The number of nitrogens with zero attached hydrogens (tertiary/aromatic N) is 4. The Hall–Kier alpha value is -1.78. The van der Waals surface area contributed by atoms with Crippen molar-refractivity contribution in [2.24, 2.45) is 0 Å². The van der Waals surface area contributed by atoms with Crippen LogP contribution in [0.3, 0.4) is 0 Å². The van der Waals surface area contributed by atoms with Crippen LogP contribution in [0.1, 0.15) is 25.1 Å². The Bertz CT molecular complexity index is 483. The van der Waals surface area contributed by atoms with Crippen LogP contribution >= 0.6 is 0 Å². The molecule has 0 aromatic carbocycles. The van der Waals surface area contributed by atoms with E-state index in [-0.39, 0.29) is 0 Å². The van der Waals surface area contributed by atoms with E-state index in [1.165, 1.54) is 5.56 Å². The molecule has 0 radical (unpaired) electrons. The Balaban J connectivity index is 1.99. The van der Waals surface area contributed by atoms with Gasteiger partial charge in [0.25, 0.3) is 0 Å². The SMILES string of the molecule is CCn1ccc(CNc2nn(CC)cc2C)n1. The van der Waals surface area contributed by atoms with Crippen molar-refractivity contribution in [2.75, 3.05) is 5.32 Å². The first-order chi connectivity index (χ1) is 8.22. The Morgan fingerprint density at radius 1 is 1.18 bits per heavy atom. The summed E-state index contributed by atoms with van der Waals surface area (Å²) in [5.41, 5.74) is 2.21. The second-order valence-electron chi connectivity index (χ2n) is 4.03. The third-order valence-electron chi connectivity index (χ3n) is 2.73. The van der Waals surface area contributed by atoms with Gasteiger partial charge in [0.2, 0.25) is 0 Å². The molecule has 0 spiro atoms. The number of hydrogen-bond donors (Lipinski definition) is 1. The fraction of sp³-hybridized carbons (Fsp3) is 0.500. The molecule has 0 saturated carbocycles. The maximum atomic E-state index is 4.44. The summed E-state index contributed by atoms with van der Waals surface area (Å²) in [5.74, 6) is 0.942. The molecule has 2 aromatic heterocycles. The molecule has 1 N–H and O–H groups in total. The van der Waals surface area contributed by atoms with Crippen molar-refractivity contribution >= 4 is 5.82 Å². The van der Waals surface area contributed by atoms with Crippen LogP contribution in [-0.4, -0.2) is 19.6 Å². The maximum absolute atomic E-state index is 4.44. The predicted octanol–water partition coefficient (Wildman–Crippen LogP) is 2.04. The molecule has 0 fully saturated rings. The van der Waals surface area contributed by atoms with Crippen molar-refractivity contribution in [3.8, 4) is 0 Å². The fourth-order valence-electron chi connectivity index (χ4n) is 1.71. The average Bonchev–Trinajstić information content (AvgIpc) is 2.93. The predicted molar refractivity (Wildman–Crippen MR) is 67.9 cm³/mol. The summed E-state index contributed by atoms with van der Waals surface area (Å²) < 4.78 is 3.86. The molecular weight excluding hydrogens is 214 g/mol. The lowest BCUT2D eigenvalue weighted by atomic mass is 10.3. The highest BCUT2D eigenvalue weighted by atomic mass is 15.3. The summed E-state index contributed by atoms with van der Waals surface area (Å²) in [6.45, 7) is 8.74. The van der Waals surface area contributed by atoms with Crippen LogP contribution in [0, 0.1) is 6.92 Å². The third kappa shape index (κ3) is 2.67. The zero-order valence-corrected chi connectivity index (χ0v) is 10.6. The topological polar surface area (TPSA) is 47.7 Å². The van der Waals surface area contributed by atoms with Gasteiger partial charge in [0.1, 0.15) is 0 Å². The lowest BCUT2D eigenvalue weighted by Crippen LogP contribution is -2.04. The fourth-order valence-corrected chi connectivity index (χ4v) is 1.71. The van der Waals surface area contributed by atoms with Crippen LogP contribution in [0.15, 0.2) is 18.5 Å². The van der Waals surface area contributed by atoms with Gasteiger partial charge in [-0.2, -0.15) is 10.2 Å². The highest BCUT2D eigenvalue weighted by Crippen LogP contribution is 2.12. The van der Waals surface area contributed by atoms with Crippen molar-refractivity contribution in [1.29, 1.82) is 0 Å². The molecule has 0 saturated heterocycles. The molecule has 0 aliphatic heterocycles. The summed E-state index contributed by atoms with van der Waals surface area (Å²) >= 11 is 0. The molecule has 0 atom stereocenters. The highest BCUT2D eigenvalue weighted by molar-refractivity contribution is 5.41. The molecule has 5 heteroatoms. The molecule has 5 nitrogen and oxygen atoms in total. The van der Waals surface area contributed by atoms with E-state index in [2.05, 4.69) is 36.3 Å². The van der Waals surface area contributed by atoms with Gasteiger partial charge in [0, 0.05) is 31.0 Å². The molecule has 92 valence electrons. The second kappa shape index (κ2) is 5.03. The van der Waals surface area contributed by atoms with E-state index in [1.807, 2.05) is 27.8 Å². The van der Waals surface area contributed by atoms with Crippen LogP contribution in [0.4, 0.5) is 5.82 Å². The number of rotatable bonds is 5. The Labute approximate surface area is 101 Å². The second-order valence-corrected chi connectivity index (χ2v) is 4.03. The summed E-state index contributed by atoms with van der Waals surface area (Å²) in [5, 5.41) is 12.2. The van der Waals surface area contributed by atoms with Crippen molar-refractivity contribution in [1.82, 2.24) is 19.6 Å². The third-order valence-corrected chi connectivity index (χ3v) is 2.73. The first-order valence-electron chi connectivity index (χ1n) is 6.03. The van der Waals surface area contributed by atoms with Gasteiger partial charge in [-0.25, -0.2) is 0 Å². The minimum atomic E-state index is 0.717. The van der Waals surface area contributed by atoms with E-state index in [4.69, 9.17) is 0 Å². The minimum absolute atomic E-state index is 0.717. The minimum Gasteiger partial charge on any atom is -0.363 e. The van der Waals surface area contributed by atoms with E-state index in [9.17, 15) is 0 Å². The normalized spacial score (nSPS) is 10.8. The average molecular weight is 233 g/mol. The van der Waals surface area contributed by atoms with E-state index >= 15 is 0 Å². The van der Waals surface area contributed by atoms with E-state index in [0.717, 1.165) is 24.6 Å². The molecule has 0 unspecified atom stereocenters. The van der Waals surface area contributed by atoms with Gasteiger partial charge in [0.15, 0.2) is 5.82 Å². The van der Waals surface area contributed by atoms with Crippen LogP contribution < -0.4 is 5.32 Å². The zero-order chi connectivity index (χ0) is 12.3. The first kappa shape index (κ1) is 11.7. The summed E-state index contributed by atoms with van der Waals surface area (Å²) in [7, 11) is 0. The van der Waals surface area contributed by atoms with Crippen LogP contribution in [-0.2, 0) is 19.6 Å². The van der Waals surface area contributed by atoms with Gasteiger partial charge in [-0.3, -0.25) is 9.36 Å². The highest BCUT2D eigenvalue weighted by Gasteiger charge is 2.04. The number of nitrogens with one attached hydrogen (secondary N) is 1. The summed E-state index contributed by atoms with van der Waals surface area (Å²) in [6.07, 6.45) is 4.04. The number of hydrogen-bond acceptors (Lipinski definition) is 3. The molecule has 2 aromatic rings. The smallest absolute Gasteiger partial charge is 0.151 e. The molecular formula is C12H19N5. The van der Waals surface area contributed by atoms with Crippen molar-refractivity contribution in [2.45, 2.75) is 40.4 Å². The maximum Gasteiger partial charge on any atom is 0.151 e. The number of anilines is 1. The molecule has 2 heterocycles. The van der Waals surface area contributed by atoms with Gasteiger partial charge in [-0.1, -0.05) is 0 Å². The largest absolute Gasteiger partial charge is 0.363 e. The quantitative estimate of drug-likeness (QED) is 0.859.